The number of rotatable bonds is 3. The predicted molar refractivity (Wildman–Crippen MR) is 86.0 cm³/mol. The second-order valence-corrected chi connectivity index (χ2v) is 6.02. The Labute approximate surface area is 131 Å². The van der Waals surface area contributed by atoms with Crippen LogP contribution in [0.1, 0.15) is 37.3 Å². The highest BCUT2D eigenvalue weighted by molar-refractivity contribution is 14.1. The van der Waals surface area contributed by atoms with Gasteiger partial charge in [-0.3, -0.25) is 0 Å². The van der Waals surface area contributed by atoms with Crippen molar-refractivity contribution in [2.45, 2.75) is 26.8 Å². The number of aromatic nitrogens is 1. The number of fused-ring (bicyclic) bond motifs is 1. The molecule has 0 atom stereocenters. The zero-order valence-corrected chi connectivity index (χ0v) is 13.9. The van der Waals surface area contributed by atoms with Crippen LogP contribution in [0.15, 0.2) is 18.2 Å². The largest absolute Gasteiger partial charge is 0.461 e. The first-order valence-electron chi connectivity index (χ1n) is 6.13. The molecule has 2 aromatic rings. The summed E-state index contributed by atoms with van der Waals surface area (Å²) >= 11 is 8.23. The number of hydrogen-bond donors (Lipinski definition) is 0. The maximum atomic E-state index is 12.2. The lowest BCUT2D eigenvalue weighted by Crippen LogP contribution is -2.14. The molecule has 3 nitrogen and oxygen atoms in total. The van der Waals surface area contributed by atoms with Gasteiger partial charge in [-0.25, -0.2) is 4.79 Å². The van der Waals surface area contributed by atoms with Crippen LogP contribution < -0.4 is 0 Å². The van der Waals surface area contributed by atoms with Crippen LogP contribution in [0.5, 0.6) is 0 Å². The van der Waals surface area contributed by atoms with E-state index in [0.717, 1.165) is 14.5 Å². The highest BCUT2D eigenvalue weighted by Gasteiger charge is 2.23. The number of carbonyl (C=O) groups is 1. The Hall–Kier alpha value is -0.750. The lowest BCUT2D eigenvalue weighted by atomic mass is 10.2. The van der Waals surface area contributed by atoms with Gasteiger partial charge in [0.15, 0.2) is 0 Å². The van der Waals surface area contributed by atoms with Crippen LogP contribution in [-0.2, 0) is 4.74 Å². The molecule has 1 aromatic heterocycles. The summed E-state index contributed by atoms with van der Waals surface area (Å²) in [5, 5.41) is 1.66. The maximum Gasteiger partial charge on any atom is 0.356 e. The van der Waals surface area contributed by atoms with Gasteiger partial charge in [0.05, 0.1) is 15.7 Å². The predicted octanol–water partition coefficient (Wildman–Crippen LogP) is 4.66. The summed E-state index contributed by atoms with van der Waals surface area (Å²) in [6, 6.07) is 5.85. The van der Waals surface area contributed by atoms with Crippen molar-refractivity contribution in [2.24, 2.45) is 0 Å². The molecule has 0 spiro atoms. The molecular weight excluding hydrogens is 377 g/mol. The number of esters is 1. The minimum absolute atomic E-state index is 0.173. The Morgan fingerprint density at radius 3 is 2.74 bits per heavy atom. The average Bonchev–Trinajstić information content (AvgIpc) is 2.63. The maximum absolute atomic E-state index is 12.2. The summed E-state index contributed by atoms with van der Waals surface area (Å²) in [4.78, 5) is 12.2. The van der Waals surface area contributed by atoms with E-state index >= 15 is 0 Å². The Morgan fingerprint density at radius 2 is 2.16 bits per heavy atom. The molecule has 0 bridgehead atoms. The molecule has 0 aliphatic carbocycles. The average molecular weight is 392 g/mol. The minimum atomic E-state index is -0.284. The van der Waals surface area contributed by atoms with Crippen LogP contribution in [0.25, 0.3) is 10.9 Å². The molecule has 0 saturated carbocycles. The summed E-state index contributed by atoms with van der Waals surface area (Å²) in [5.74, 6) is -0.284. The number of halogens is 2. The van der Waals surface area contributed by atoms with Gasteiger partial charge in [0.25, 0.3) is 0 Å². The van der Waals surface area contributed by atoms with Crippen molar-refractivity contribution in [1.82, 2.24) is 4.57 Å². The fourth-order valence-corrected chi connectivity index (χ4v) is 3.26. The van der Waals surface area contributed by atoms with Crippen molar-refractivity contribution in [1.29, 1.82) is 0 Å². The molecule has 0 unspecified atom stereocenters. The van der Waals surface area contributed by atoms with Crippen LogP contribution in [-0.4, -0.2) is 17.1 Å². The smallest absolute Gasteiger partial charge is 0.356 e. The van der Waals surface area contributed by atoms with Crippen LogP contribution in [0, 0.1) is 3.57 Å². The topological polar surface area (TPSA) is 31.2 Å². The first-order valence-corrected chi connectivity index (χ1v) is 7.59. The van der Waals surface area contributed by atoms with Crippen LogP contribution in [0.4, 0.5) is 0 Å². The molecule has 0 amide bonds. The quantitative estimate of drug-likeness (QED) is 0.563. The molecule has 0 saturated heterocycles. The van der Waals surface area contributed by atoms with Gasteiger partial charge in [0.1, 0.15) is 5.69 Å². The third-order valence-corrected chi connectivity index (χ3v) is 4.22. The molecule has 19 heavy (non-hydrogen) atoms. The minimum Gasteiger partial charge on any atom is -0.461 e. The standard InChI is InChI=1S/C14H15ClINO2/c1-4-19-14(18)13-12(16)10-7-9(15)5-6-11(10)17(13)8(2)3/h5-8H,4H2,1-3H3. The van der Waals surface area contributed by atoms with Crippen molar-refractivity contribution >= 4 is 51.1 Å². The van der Waals surface area contributed by atoms with E-state index < -0.39 is 0 Å². The van der Waals surface area contributed by atoms with E-state index in [0.29, 0.717) is 17.3 Å². The fraction of sp³-hybridized carbons (Fsp3) is 0.357. The third-order valence-electron chi connectivity index (χ3n) is 2.89. The number of ether oxygens (including phenoxy) is 1. The van der Waals surface area contributed by atoms with Crippen molar-refractivity contribution in [3.05, 3.63) is 32.5 Å². The van der Waals surface area contributed by atoms with E-state index in [-0.39, 0.29) is 12.0 Å². The fourth-order valence-electron chi connectivity index (χ4n) is 2.17. The zero-order chi connectivity index (χ0) is 14.2. The molecule has 1 aromatic carbocycles. The molecule has 102 valence electrons. The summed E-state index contributed by atoms with van der Waals surface area (Å²) < 4.78 is 8.06. The third kappa shape index (κ3) is 2.60. The molecule has 0 N–H and O–H groups in total. The number of carbonyl (C=O) groups excluding carboxylic acids is 1. The molecule has 0 aliphatic rings. The Kier molecular flexibility index (Phi) is 4.40. The second kappa shape index (κ2) is 5.71. The van der Waals surface area contributed by atoms with Crippen LogP contribution in [0.2, 0.25) is 5.02 Å². The van der Waals surface area contributed by atoms with Crippen molar-refractivity contribution < 1.29 is 9.53 Å². The number of benzene rings is 1. The summed E-state index contributed by atoms with van der Waals surface area (Å²) in [6.07, 6.45) is 0. The molecular formula is C14H15ClINO2. The van der Waals surface area contributed by atoms with Crippen molar-refractivity contribution in [3.8, 4) is 0 Å². The molecule has 0 aliphatic heterocycles. The molecule has 5 heteroatoms. The van der Waals surface area contributed by atoms with E-state index in [4.69, 9.17) is 16.3 Å². The lowest BCUT2D eigenvalue weighted by Gasteiger charge is -2.13. The normalized spacial score (nSPS) is 11.3. The monoisotopic (exact) mass is 391 g/mol. The summed E-state index contributed by atoms with van der Waals surface area (Å²) in [6.45, 7) is 6.28. The van der Waals surface area contributed by atoms with E-state index in [1.54, 1.807) is 0 Å². The van der Waals surface area contributed by atoms with Crippen molar-refractivity contribution in [3.63, 3.8) is 0 Å². The van der Waals surface area contributed by atoms with Gasteiger partial charge in [0.2, 0.25) is 0 Å². The van der Waals surface area contributed by atoms with Crippen LogP contribution in [0.3, 0.4) is 0 Å². The number of hydrogen-bond acceptors (Lipinski definition) is 2. The number of nitrogens with zero attached hydrogens (tertiary/aromatic N) is 1. The second-order valence-electron chi connectivity index (χ2n) is 4.51. The first kappa shape index (κ1) is 14.7. The zero-order valence-electron chi connectivity index (χ0n) is 11.0. The molecule has 0 radical (unpaired) electrons. The van der Waals surface area contributed by atoms with E-state index in [9.17, 15) is 4.79 Å². The Bertz CT molecular complexity index is 634. The van der Waals surface area contributed by atoms with Gasteiger partial charge < -0.3 is 9.30 Å². The highest BCUT2D eigenvalue weighted by atomic mass is 127. The van der Waals surface area contributed by atoms with Gasteiger partial charge in [-0.2, -0.15) is 0 Å². The van der Waals surface area contributed by atoms with E-state index in [2.05, 4.69) is 22.6 Å². The van der Waals surface area contributed by atoms with Gasteiger partial charge in [-0.1, -0.05) is 11.6 Å². The summed E-state index contributed by atoms with van der Waals surface area (Å²) in [7, 11) is 0. The van der Waals surface area contributed by atoms with Crippen molar-refractivity contribution in [2.75, 3.05) is 6.61 Å². The molecule has 1 heterocycles. The SMILES string of the molecule is CCOC(=O)c1c(I)c2cc(Cl)ccc2n1C(C)C. The van der Waals surface area contributed by atoms with Gasteiger partial charge in [-0.05, 0) is 61.6 Å². The van der Waals surface area contributed by atoms with Gasteiger partial charge in [-0.15, -0.1) is 0 Å². The lowest BCUT2D eigenvalue weighted by molar-refractivity contribution is 0.0511. The Morgan fingerprint density at radius 1 is 1.47 bits per heavy atom. The van der Waals surface area contributed by atoms with Gasteiger partial charge in [0, 0.05) is 16.5 Å². The van der Waals surface area contributed by atoms with Gasteiger partial charge >= 0.3 is 5.97 Å². The summed E-state index contributed by atoms with van der Waals surface area (Å²) in [5.41, 5.74) is 1.61. The van der Waals surface area contributed by atoms with E-state index in [1.165, 1.54) is 0 Å². The molecule has 0 fully saturated rings. The van der Waals surface area contributed by atoms with E-state index in [1.807, 2.05) is 43.5 Å². The Balaban J connectivity index is 2.77. The highest BCUT2D eigenvalue weighted by Crippen LogP contribution is 2.32. The first-order chi connectivity index (χ1) is 8.97. The molecule has 2 rings (SSSR count). The van der Waals surface area contributed by atoms with Crippen LogP contribution >= 0.6 is 34.2 Å².